The lowest BCUT2D eigenvalue weighted by Crippen LogP contribution is -2.07. The van der Waals surface area contributed by atoms with Crippen LogP contribution in [0, 0.1) is 11.6 Å². The highest BCUT2D eigenvalue weighted by Crippen LogP contribution is 2.26. The molecule has 0 unspecified atom stereocenters. The highest BCUT2D eigenvalue weighted by molar-refractivity contribution is 5.73. The third-order valence-electron chi connectivity index (χ3n) is 4.35. The number of aliphatic carboxylic acids is 1. The predicted octanol–water partition coefficient (Wildman–Crippen LogP) is 7.80. The summed E-state index contributed by atoms with van der Waals surface area (Å²) in [7, 11) is 0. The number of benzene rings is 2. The van der Waals surface area contributed by atoms with E-state index in [4.69, 9.17) is 9.84 Å². The summed E-state index contributed by atoms with van der Waals surface area (Å²) < 4.78 is 32.4. The van der Waals surface area contributed by atoms with E-state index in [1.807, 2.05) is 27.7 Å². The summed E-state index contributed by atoms with van der Waals surface area (Å²) in [4.78, 5) is 22.3. The molecule has 0 atom stereocenters. The molecule has 32 heavy (non-hydrogen) atoms. The average molecular weight is 451 g/mol. The van der Waals surface area contributed by atoms with Gasteiger partial charge in [-0.2, -0.15) is 0 Å². The van der Waals surface area contributed by atoms with Crippen LogP contribution in [0.1, 0.15) is 79.1 Å². The number of hydrogen-bond acceptors (Lipinski definition) is 3. The quantitative estimate of drug-likeness (QED) is 0.215. The van der Waals surface area contributed by atoms with Crippen LogP contribution in [0.5, 0.6) is 5.75 Å². The molecular formula is C26H36F2O4. The van der Waals surface area contributed by atoms with Gasteiger partial charge >= 0.3 is 11.9 Å². The topological polar surface area (TPSA) is 63.6 Å². The van der Waals surface area contributed by atoms with Crippen molar-refractivity contribution in [2.24, 2.45) is 0 Å². The summed E-state index contributed by atoms with van der Waals surface area (Å²) in [5.74, 6) is -1.99. The van der Waals surface area contributed by atoms with Crippen molar-refractivity contribution in [3.8, 4) is 16.9 Å². The van der Waals surface area contributed by atoms with Crippen molar-refractivity contribution < 1.29 is 28.2 Å². The first-order valence-electron chi connectivity index (χ1n) is 11.4. The Kier molecular flexibility index (Phi) is 16.3. The molecule has 0 spiro atoms. The van der Waals surface area contributed by atoms with E-state index in [1.165, 1.54) is 36.4 Å². The Balaban J connectivity index is 0.00000227. The van der Waals surface area contributed by atoms with Crippen molar-refractivity contribution in [2.75, 3.05) is 0 Å². The van der Waals surface area contributed by atoms with Crippen LogP contribution in [0.2, 0.25) is 0 Å². The zero-order chi connectivity index (χ0) is 24.4. The lowest BCUT2D eigenvalue weighted by Gasteiger charge is -2.08. The fourth-order valence-corrected chi connectivity index (χ4v) is 2.86. The van der Waals surface area contributed by atoms with Gasteiger partial charge in [0.05, 0.1) is 0 Å². The monoisotopic (exact) mass is 450 g/mol. The fourth-order valence-electron chi connectivity index (χ4n) is 2.86. The molecule has 2 aromatic carbocycles. The maximum atomic E-state index is 14.3. The zero-order valence-electron chi connectivity index (χ0n) is 19.6. The molecule has 2 rings (SSSR count). The van der Waals surface area contributed by atoms with E-state index in [1.54, 1.807) is 0 Å². The number of unbranched alkanes of at least 4 members (excludes halogenated alkanes) is 5. The Morgan fingerprint density at radius 1 is 0.781 bits per heavy atom. The minimum atomic E-state index is -0.773. The molecule has 0 aliphatic carbocycles. The van der Waals surface area contributed by atoms with Crippen LogP contribution in [0.4, 0.5) is 8.78 Å². The van der Waals surface area contributed by atoms with Crippen LogP contribution >= 0.6 is 0 Å². The number of ether oxygens (including phenoxy) is 1. The van der Waals surface area contributed by atoms with Crippen LogP contribution in [0.3, 0.4) is 0 Å². The van der Waals surface area contributed by atoms with Gasteiger partial charge in [-0.15, -0.1) is 0 Å². The Morgan fingerprint density at radius 2 is 1.31 bits per heavy atom. The van der Waals surface area contributed by atoms with Crippen molar-refractivity contribution in [3.63, 3.8) is 0 Å². The minimum absolute atomic E-state index is 0.141. The van der Waals surface area contributed by atoms with Crippen molar-refractivity contribution >= 4 is 11.9 Å². The zero-order valence-corrected chi connectivity index (χ0v) is 19.6. The van der Waals surface area contributed by atoms with Crippen LogP contribution in [-0.2, 0) is 9.59 Å². The van der Waals surface area contributed by atoms with Gasteiger partial charge in [0, 0.05) is 24.5 Å². The molecule has 0 bridgehead atoms. The van der Waals surface area contributed by atoms with Gasteiger partial charge in [-0.1, -0.05) is 65.5 Å². The molecule has 0 aliphatic heterocycles. The first-order chi connectivity index (χ1) is 15.5. The van der Waals surface area contributed by atoms with Crippen molar-refractivity contribution in [2.45, 2.75) is 79.1 Å². The third-order valence-corrected chi connectivity index (χ3v) is 4.35. The predicted molar refractivity (Wildman–Crippen MR) is 125 cm³/mol. The summed E-state index contributed by atoms with van der Waals surface area (Å²) in [5.41, 5.74) is 0.850. The van der Waals surface area contributed by atoms with E-state index in [0.29, 0.717) is 24.0 Å². The average Bonchev–Trinajstić information content (AvgIpc) is 2.79. The lowest BCUT2D eigenvalue weighted by molar-refractivity contribution is -0.137. The molecule has 0 fully saturated rings. The van der Waals surface area contributed by atoms with E-state index in [0.717, 1.165) is 31.7 Å². The van der Waals surface area contributed by atoms with Crippen LogP contribution in [0.25, 0.3) is 11.1 Å². The van der Waals surface area contributed by atoms with E-state index >= 15 is 0 Å². The molecule has 0 aliphatic rings. The molecule has 6 heteroatoms. The van der Waals surface area contributed by atoms with E-state index in [9.17, 15) is 18.4 Å². The summed E-state index contributed by atoms with van der Waals surface area (Å²) >= 11 is 0. The van der Waals surface area contributed by atoms with Gasteiger partial charge in [0.1, 0.15) is 17.4 Å². The number of rotatable bonds is 11. The molecule has 1 N–H and O–H groups in total. The summed E-state index contributed by atoms with van der Waals surface area (Å²) in [5, 5.41) is 8.55. The number of carbonyl (C=O) groups excluding carboxylic acids is 1. The van der Waals surface area contributed by atoms with Crippen molar-refractivity contribution in [1.82, 2.24) is 0 Å². The first-order valence-corrected chi connectivity index (χ1v) is 11.4. The Labute approximate surface area is 190 Å². The Bertz CT molecular complexity index is 789. The number of halogens is 2. The molecule has 178 valence electrons. The molecule has 0 amide bonds. The molecule has 0 heterocycles. The van der Waals surface area contributed by atoms with E-state index in [2.05, 4.69) is 0 Å². The van der Waals surface area contributed by atoms with E-state index < -0.39 is 23.6 Å². The second-order valence-electron chi connectivity index (χ2n) is 6.64. The van der Waals surface area contributed by atoms with Crippen LogP contribution in [0.15, 0.2) is 42.5 Å². The highest BCUT2D eigenvalue weighted by Gasteiger charge is 2.10. The molecule has 0 aromatic heterocycles. The van der Waals surface area contributed by atoms with Gasteiger partial charge in [0.2, 0.25) is 0 Å². The Morgan fingerprint density at radius 3 is 1.84 bits per heavy atom. The second-order valence-corrected chi connectivity index (χ2v) is 6.64. The largest absolute Gasteiger partial charge is 0.481 e. The Hall–Kier alpha value is -2.76. The highest BCUT2D eigenvalue weighted by atomic mass is 19.1. The fraction of sp³-hybridized carbons (Fsp3) is 0.462. The SMILES string of the molecule is CC.CC.O=C(O)CCCCCCCCC(=O)Oc1ccc(-c2ccc(F)cc2)c(F)c1. The van der Waals surface area contributed by atoms with Crippen LogP contribution in [-0.4, -0.2) is 17.0 Å². The van der Waals surface area contributed by atoms with E-state index in [-0.39, 0.29) is 18.6 Å². The standard InChI is InChI=1S/C22H24F2O4.2C2H6/c23-17-11-9-16(10-12-17)19-14-13-18(15-20(19)24)28-22(27)8-6-4-2-1-3-5-7-21(25)26;2*1-2/h9-15H,1-8H2,(H,25,26);2*1-2H3. The molecule has 0 saturated carbocycles. The van der Waals surface area contributed by atoms with Crippen LogP contribution < -0.4 is 4.74 Å². The van der Waals surface area contributed by atoms with Gasteiger partial charge in [0.25, 0.3) is 0 Å². The summed E-state index contributed by atoms with van der Waals surface area (Å²) in [6, 6.07) is 9.66. The van der Waals surface area contributed by atoms with Crippen molar-refractivity contribution in [1.29, 1.82) is 0 Å². The number of carboxylic acids is 1. The minimum Gasteiger partial charge on any atom is -0.481 e. The third kappa shape index (κ3) is 12.2. The summed E-state index contributed by atoms with van der Waals surface area (Å²) in [6.45, 7) is 8.00. The van der Waals surface area contributed by atoms with Gasteiger partial charge in [-0.25, -0.2) is 8.78 Å². The number of hydrogen-bond donors (Lipinski definition) is 1. The van der Waals surface area contributed by atoms with Gasteiger partial charge in [-0.05, 0) is 42.7 Å². The summed E-state index contributed by atoms with van der Waals surface area (Å²) in [6.07, 6.45) is 5.41. The second kappa shape index (κ2) is 17.9. The first kappa shape index (κ1) is 29.2. The maximum Gasteiger partial charge on any atom is 0.311 e. The van der Waals surface area contributed by atoms with Crippen molar-refractivity contribution in [3.05, 3.63) is 54.1 Å². The smallest absolute Gasteiger partial charge is 0.311 e. The number of esters is 1. The number of carbonyl (C=O) groups is 2. The molecular weight excluding hydrogens is 414 g/mol. The van der Waals surface area contributed by atoms with Gasteiger partial charge < -0.3 is 9.84 Å². The molecule has 0 radical (unpaired) electrons. The molecule has 4 nitrogen and oxygen atoms in total. The van der Waals surface area contributed by atoms with Gasteiger partial charge in [0.15, 0.2) is 0 Å². The number of carboxylic acid groups (broad SMARTS) is 1. The maximum absolute atomic E-state index is 14.3. The molecule has 0 saturated heterocycles. The van der Waals surface area contributed by atoms with Gasteiger partial charge in [-0.3, -0.25) is 9.59 Å². The normalized spacial score (nSPS) is 9.69. The molecule has 2 aromatic rings. The lowest BCUT2D eigenvalue weighted by atomic mass is 10.1.